The monoisotopic (exact) mass is 378 g/mol. The normalized spacial score (nSPS) is 11.0. The van der Waals surface area contributed by atoms with Crippen molar-refractivity contribution in [1.29, 1.82) is 0 Å². The summed E-state index contributed by atoms with van der Waals surface area (Å²) in [6, 6.07) is 9.63. The molecule has 0 aliphatic heterocycles. The van der Waals surface area contributed by atoms with Crippen molar-refractivity contribution in [3.8, 4) is 10.8 Å². The Morgan fingerprint density at radius 1 is 1.07 bits per heavy atom. The van der Waals surface area contributed by atoms with Gasteiger partial charge in [0.2, 0.25) is 5.91 Å². The second kappa shape index (κ2) is 8.05. The third kappa shape index (κ3) is 4.35. The Kier molecular flexibility index (Phi) is 5.15. The third-order valence-electron chi connectivity index (χ3n) is 4.04. The van der Waals surface area contributed by atoms with E-state index in [1.807, 2.05) is 29.6 Å². The van der Waals surface area contributed by atoms with Crippen molar-refractivity contribution in [2.75, 3.05) is 6.54 Å². The first-order chi connectivity index (χ1) is 13.3. The molecule has 1 amide bonds. The van der Waals surface area contributed by atoms with Crippen molar-refractivity contribution in [1.82, 2.24) is 30.2 Å². The molecule has 0 spiro atoms. The van der Waals surface area contributed by atoms with Gasteiger partial charge in [0, 0.05) is 43.6 Å². The minimum absolute atomic E-state index is 0.0114. The number of hydrogen-bond donors (Lipinski definition) is 2. The molecule has 4 aromatic rings. The zero-order chi connectivity index (χ0) is 18.5. The fourth-order valence-corrected chi connectivity index (χ4v) is 3.51. The van der Waals surface area contributed by atoms with Gasteiger partial charge in [0.05, 0.1) is 16.7 Å². The summed E-state index contributed by atoms with van der Waals surface area (Å²) in [6.07, 6.45) is 5.07. The summed E-state index contributed by atoms with van der Waals surface area (Å²) in [7, 11) is 0. The molecule has 7 nitrogen and oxygen atoms in total. The summed E-state index contributed by atoms with van der Waals surface area (Å²) in [5.74, 6) is 1.47. The van der Waals surface area contributed by atoms with Crippen LogP contribution in [0.15, 0.2) is 48.1 Å². The van der Waals surface area contributed by atoms with E-state index >= 15 is 0 Å². The molecule has 0 unspecified atom stereocenters. The summed E-state index contributed by atoms with van der Waals surface area (Å²) >= 11 is 1.51. The Bertz CT molecular complexity index is 1010. The van der Waals surface area contributed by atoms with Crippen molar-refractivity contribution in [2.45, 2.75) is 19.3 Å². The molecule has 4 rings (SSSR count). The first kappa shape index (κ1) is 17.3. The minimum Gasteiger partial charge on any atom is -0.356 e. The molecule has 0 radical (unpaired) electrons. The van der Waals surface area contributed by atoms with Crippen LogP contribution in [0, 0.1) is 0 Å². The number of amides is 1. The number of aromatic nitrogens is 5. The lowest BCUT2D eigenvalue weighted by Crippen LogP contribution is -2.26. The van der Waals surface area contributed by atoms with Crippen LogP contribution in [0.1, 0.15) is 17.9 Å². The highest BCUT2D eigenvalue weighted by Gasteiger charge is 2.08. The van der Waals surface area contributed by atoms with Crippen LogP contribution in [0.5, 0.6) is 0 Å². The number of fused-ring (bicyclic) bond motifs is 1. The molecular weight excluding hydrogens is 360 g/mol. The molecule has 3 aromatic heterocycles. The van der Waals surface area contributed by atoms with Gasteiger partial charge < -0.3 is 10.3 Å². The summed E-state index contributed by atoms with van der Waals surface area (Å²) in [6.45, 7) is 0.553. The molecule has 0 aliphatic rings. The van der Waals surface area contributed by atoms with E-state index < -0.39 is 0 Å². The van der Waals surface area contributed by atoms with Crippen LogP contribution in [0.4, 0.5) is 0 Å². The van der Waals surface area contributed by atoms with E-state index in [0.717, 1.165) is 27.6 Å². The molecule has 0 fully saturated rings. The number of aryl methyl sites for hydroxylation is 1. The lowest BCUT2D eigenvalue weighted by molar-refractivity contribution is -0.121. The van der Waals surface area contributed by atoms with Gasteiger partial charge >= 0.3 is 0 Å². The lowest BCUT2D eigenvalue weighted by Gasteiger charge is -2.03. The quantitative estimate of drug-likeness (QED) is 0.515. The van der Waals surface area contributed by atoms with Crippen molar-refractivity contribution >= 4 is 28.3 Å². The predicted molar refractivity (Wildman–Crippen MR) is 104 cm³/mol. The molecule has 3 heterocycles. The van der Waals surface area contributed by atoms with Gasteiger partial charge in [0.1, 0.15) is 5.82 Å². The summed E-state index contributed by atoms with van der Waals surface area (Å²) in [4.78, 5) is 32.7. The van der Waals surface area contributed by atoms with E-state index in [0.29, 0.717) is 31.6 Å². The third-order valence-corrected chi connectivity index (χ3v) is 4.93. The average molecular weight is 378 g/mol. The van der Waals surface area contributed by atoms with E-state index in [1.54, 1.807) is 18.5 Å². The zero-order valence-electron chi connectivity index (χ0n) is 14.6. The number of carbonyl (C=O) groups excluding carboxylic acids is 1. The molecule has 8 heteroatoms. The highest BCUT2D eigenvalue weighted by Crippen LogP contribution is 2.19. The minimum atomic E-state index is 0.0114. The van der Waals surface area contributed by atoms with Crippen LogP contribution in [-0.2, 0) is 17.6 Å². The first-order valence-electron chi connectivity index (χ1n) is 8.70. The number of rotatable bonds is 7. The van der Waals surface area contributed by atoms with Gasteiger partial charge in [-0.1, -0.05) is 12.1 Å². The first-order valence-corrected chi connectivity index (χ1v) is 9.58. The van der Waals surface area contributed by atoms with E-state index in [-0.39, 0.29) is 5.91 Å². The van der Waals surface area contributed by atoms with Gasteiger partial charge in [-0.3, -0.25) is 4.79 Å². The molecular formula is C19H18N6OS. The Labute approximate surface area is 159 Å². The smallest absolute Gasteiger partial charge is 0.220 e. The Hall–Kier alpha value is -3.13. The van der Waals surface area contributed by atoms with Gasteiger partial charge in [-0.25, -0.2) is 19.9 Å². The average Bonchev–Trinajstić information content (AvgIpc) is 3.34. The molecule has 1 aromatic carbocycles. The summed E-state index contributed by atoms with van der Waals surface area (Å²) < 4.78 is 0. The second-order valence-electron chi connectivity index (χ2n) is 6.02. The largest absolute Gasteiger partial charge is 0.356 e. The van der Waals surface area contributed by atoms with E-state index in [4.69, 9.17) is 0 Å². The SMILES string of the molecule is O=C(CCc1nc2ccccc2[nH]1)NCCc1csc(-c2ncccn2)n1. The van der Waals surface area contributed by atoms with Crippen LogP contribution in [0.25, 0.3) is 21.9 Å². The van der Waals surface area contributed by atoms with Gasteiger partial charge in [0.25, 0.3) is 0 Å². The fourth-order valence-electron chi connectivity index (χ4n) is 2.71. The second-order valence-corrected chi connectivity index (χ2v) is 6.88. The van der Waals surface area contributed by atoms with E-state index in [2.05, 4.69) is 30.2 Å². The maximum atomic E-state index is 12.1. The number of nitrogens with one attached hydrogen (secondary N) is 2. The summed E-state index contributed by atoms with van der Waals surface area (Å²) in [5.41, 5.74) is 2.85. The number of imidazole rings is 1. The number of H-pyrrole nitrogens is 1. The number of carbonyl (C=O) groups is 1. The van der Waals surface area contributed by atoms with E-state index in [1.165, 1.54) is 11.3 Å². The Morgan fingerprint density at radius 2 is 1.93 bits per heavy atom. The van der Waals surface area contributed by atoms with Crippen LogP contribution in [-0.4, -0.2) is 37.4 Å². The molecule has 2 N–H and O–H groups in total. The van der Waals surface area contributed by atoms with Gasteiger partial charge in [-0.05, 0) is 18.2 Å². The number of thiazole rings is 1. The van der Waals surface area contributed by atoms with E-state index in [9.17, 15) is 4.79 Å². The van der Waals surface area contributed by atoms with Crippen molar-refractivity contribution in [3.63, 3.8) is 0 Å². The highest BCUT2D eigenvalue weighted by molar-refractivity contribution is 7.13. The van der Waals surface area contributed by atoms with Crippen LogP contribution in [0.3, 0.4) is 0 Å². The number of aromatic amines is 1. The van der Waals surface area contributed by atoms with Crippen molar-refractivity contribution in [3.05, 3.63) is 59.6 Å². The van der Waals surface area contributed by atoms with Crippen LogP contribution in [0.2, 0.25) is 0 Å². The van der Waals surface area contributed by atoms with Crippen molar-refractivity contribution < 1.29 is 4.79 Å². The number of para-hydroxylation sites is 2. The molecule has 0 atom stereocenters. The van der Waals surface area contributed by atoms with Gasteiger partial charge in [0.15, 0.2) is 10.8 Å². The van der Waals surface area contributed by atoms with Gasteiger partial charge in [-0.15, -0.1) is 11.3 Å². The van der Waals surface area contributed by atoms with Crippen LogP contribution >= 0.6 is 11.3 Å². The molecule has 0 saturated carbocycles. The molecule has 136 valence electrons. The fraction of sp³-hybridized carbons (Fsp3) is 0.211. The topological polar surface area (TPSA) is 96.5 Å². The van der Waals surface area contributed by atoms with Crippen LogP contribution < -0.4 is 5.32 Å². The number of hydrogen-bond acceptors (Lipinski definition) is 6. The zero-order valence-corrected chi connectivity index (χ0v) is 15.4. The van der Waals surface area contributed by atoms with Gasteiger partial charge in [-0.2, -0.15) is 0 Å². The molecule has 0 bridgehead atoms. The standard InChI is InChI=1S/C19H18N6OS/c26-17(7-6-16-24-14-4-1-2-5-15(14)25-16)20-11-8-13-12-27-19(23-13)18-21-9-3-10-22-18/h1-5,9-10,12H,6-8,11H2,(H,20,26)(H,24,25). The predicted octanol–water partition coefficient (Wildman–Crippen LogP) is 2.77. The number of nitrogens with zero attached hydrogens (tertiary/aromatic N) is 4. The lowest BCUT2D eigenvalue weighted by atomic mass is 10.2. The Morgan fingerprint density at radius 3 is 2.78 bits per heavy atom. The highest BCUT2D eigenvalue weighted by atomic mass is 32.1. The molecule has 0 saturated heterocycles. The molecule has 0 aliphatic carbocycles. The molecule has 27 heavy (non-hydrogen) atoms. The maximum Gasteiger partial charge on any atom is 0.220 e. The number of benzene rings is 1. The van der Waals surface area contributed by atoms with Crippen molar-refractivity contribution in [2.24, 2.45) is 0 Å². The summed E-state index contributed by atoms with van der Waals surface area (Å²) in [5, 5.41) is 5.71. The maximum absolute atomic E-state index is 12.1. The Balaban J connectivity index is 1.23.